The molecule has 0 fully saturated rings. The lowest BCUT2D eigenvalue weighted by atomic mass is 10.1. The van der Waals surface area contributed by atoms with Gasteiger partial charge >= 0.3 is 5.76 Å². The molecule has 1 N–H and O–H groups in total. The number of thioether (sulfide) groups is 1. The Balaban J connectivity index is 2.50. The van der Waals surface area contributed by atoms with E-state index >= 15 is 0 Å². The van der Waals surface area contributed by atoms with Crippen LogP contribution in [0.4, 0.5) is 0 Å². The summed E-state index contributed by atoms with van der Waals surface area (Å²) in [6.07, 6.45) is 1.43. The SMILES string of the molecule is CSCC(O)c1ccc2oc(=O)n(C)c2c1. The van der Waals surface area contributed by atoms with Crippen molar-refractivity contribution < 1.29 is 9.52 Å². The van der Waals surface area contributed by atoms with Crippen molar-refractivity contribution in [3.05, 3.63) is 34.3 Å². The Morgan fingerprint density at radius 2 is 2.31 bits per heavy atom. The van der Waals surface area contributed by atoms with Crippen molar-refractivity contribution in [1.29, 1.82) is 0 Å². The van der Waals surface area contributed by atoms with Crippen LogP contribution in [-0.4, -0.2) is 21.7 Å². The molecule has 0 aliphatic carbocycles. The summed E-state index contributed by atoms with van der Waals surface area (Å²) < 4.78 is 6.45. The van der Waals surface area contributed by atoms with Gasteiger partial charge in [-0.25, -0.2) is 4.79 Å². The summed E-state index contributed by atoms with van der Waals surface area (Å²) >= 11 is 1.58. The van der Waals surface area contributed by atoms with Crippen LogP contribution in [0.25, 0.3) is 11.1 Å². The first-order valence-electron chi connectivity index (χ1n) is 4.90. The molecular formula is C11H13NO3S. The van der Waals surface area contributed by atoms with Crippen molar-refractivity contribution in [3.63, 3.8) is 0 Å². The quantitative estimate of drug-likeness (QED) is 0.882. The van der Waals surface area contributed by atoms with Gasteiger partial charge < -0.3 is 9.52 Å². The van der Waals surface area contributed by atoms with Gasteiger partial charge in [0.15, 0.2) is 5.58 Å². The van der Waals surface area contributed by atoms with E-state index < -0.39 is 6.10 Å². The molecule has 86 valence electrons. The van der Waals surface area contributed by atoms with E-state index in [0.717, 1.165) is 5.56 Å². The van der Waals surface area contributed by atoms with Gasteiger partial charge in [-0.15, -0.1) is 0 Å². The number of aryl methyl sites for hydroxylation is 1. The zero-order valence-corrected chi connectivity index (χ0v) is 9.95. The van der Waals surface area contributed by atoms with Gasteiger partial charge in [0.25, 0.3) is 0 Å². The molecule has 0 aliphatic heterocycles. The number of fused-ring (bicyclic) bond motifs is 1. The van der Waals surface area contributed by atoms with Crippen molar-refractivity contribution in [2.24, 2.45) is 7.05 Å². The number of aliphatic hydroxyl groups excluding tert-OH is 1. The molecule has 1 heterocycles. The number of nitrogens with zero attached hydrogens (tertiary/aromatic N) is 1. The summed E-state index contributed by atoms with van der Waals surface area (Å²) in [6.45, 7) is 0. The highest BCUT2D eigenvalue weighted by Gasteiger charge is 2.11. The Bertz CT molecular complexity index is 558. The largest absolute Gasteiger partial charge is 0.419 e. The lowest BCUT2D eigenvalue weighted by molar-refractivity contribution is 0.204. The van der Waals surface area contributed by atoms with E-state index in [1.54, 1.807) is 37.0 Å². The van der Waals surface area contributed by atoms with Crippen LogP contribution in [0, 0.1) is 0 Å². The van der Waals surface area contributed by atoms with E-state index in [1.165, 1.54) is 4.57 Å². The monoisotopic (exact) mass is 239 g/mol. The standard InChI is InChI=1S/C11H13NO3S/c1-12-8-5-7(9(13)6-16-2)3-4-10(8)15-11(12)14/h3-5,9,13H,6H2,1-2H3. The number of hydrogen-bond donors (Lipinski definition) is 1. The minimum Gasteiger partial charge on any atom is -0.408 e. The van der Waals surface area contributed by atoms with Crippen LogP contribution >= 0.6 is 11.8 Å². The molecule has 1 unspecified atom stereocenters. The molecule has 0 saturated heterocycles. The van der Waals surface area contributed by atoms with Crippen LogP contribution in [0.1, 0.15) is 11.7 Å². The maximum absolute atomic E-state index is 11.3. The van der Waals surface area contributed by atoms with Crippen LogP contribution in [0.2, 0.25) is 0 Å². The molecule has 1 aromatic heterocycles. The number of hydrogen-bond acceptors (Lipinski definition) is 4. The first-order chi connectivity index (χ1) is 7.63. The molecule has 0 saturated carbocycles. The molecule has 2 aromatic rings. The zero-order valence-electron chi connectivity index (χ0n) is 9.14. The molecule has 16 heavy (non-hydrogen) atoms. The highest BCUT2D eigenvalue weighted by molar-refractivity contribution is 7.98. The van der Waals surface area contributed by atoms with E-state index in [2.05, 4.69) is 0 Å². The molecule has 1 atom stereocenters. The van der Waals surface area contributed by atoms with Crippen molar-refractivity contribution >= 4 is 22.9 Å². The number of benzene rings is 1. The van der Waals surface area contributed by atoms with E-state index in [4.69, 9.17) is 4.42 Å². The summed E-state index contributed by atoms with van der Waals surface area (Å²) in [5, 5.41) is 9.84. The minimum absolute atomic E-state index is 0.383. The van der Waals surface area contributed by atoms with E-state index in [1.807, 2.05) is 6.26 Å². The Morgan fingerprint density at radius 3 is 3.00 bits per heavy atom. The van der Waals surface area contributed by atoms with Crippen LogP contribution < -0.4 is 5.76 Å². The van der Waals surface area contributed by atoms with E-state index in [9.17, 15) is 9.90 Å². The van der Waals surface area contributed by atoms with Gasteiger partial charge in [0, 0.05) is 12.8 Å². The molecule has 0 radical (unpaired) electrons. The lowest BCUT2D eigenvalue weighted by Crippen LogP contribution is -2.08. The van der Waals surface area contributed by atoms with Crippen molar-refractivity contribution in [1.82, 2.24) is 4.57 Å². The average molecular weight is 239 g/mol. The molecule has 4 nitrogen and oxygen atoms in total. The first kappa shape index (κ1) is 11.3. The van der Waals surface area contributed by atoms with Crippen molar-refractivity contribution in [2.75, 3.05) is 12.0 Å². The van der Waals surface area contributed by atoms with Crippen molar-refractivity contribution in [3.8, 4) is 0 Å². The van der Waals surface area contributed by atoms with Crippen LogP contribution in [-0.2, 0) is 7.05 Å². The molecule has 0 aliphatic rings. The Kier molecular flexibility index (Phi) is 3.07. The van der Waals surface area contributed by atoms with E-state index in [0.29, 0.717) is 16.9 Å². The molecule has 0 bridgehead atoms. The maximum Gasteiger partial charge on any atom is 0.419 e. The topological polar surface area (TPSA) is 55.4 Å². The van der Waals surface area contributed by atoms with Gasteiger partial charge in [-0.1, -0.05) is 6.07 Å². The summed E-state index contributed by atoms with van der Waals surface area (Å²) in [4.78, 5) is 11.3. The second-order valence-electron chi connectivity index (χ2n) is 3.63. The fourth-order valence-corrected chi connectivity index (χ4v) is 2.11. The Morgan fingerprint density at radius 1 is 1.56 bits per heavy atom. The normalized spacial score (nSPS) is 13.2. The van der Waals surface area contributed by atoms with Gasteiger partial charge in [-0.05, 0) is 24.0 Å². The zero-order chi connectivity index (χ0) is 11.7. The third-order valence-electron chi connectivity index (χ3n) is 2.52. The number of aliphatic hydroxyl groups is 1. The smallest absolute Gasteiger partial charge is 0.408 e. The van der Waals surface area contributed by atoms with Gasteiger partial charge in [-0.3, -0.25) is 4.57 Å². The number of aromatic nitrogens is 1. The molecule has 1 aromatic carbocycles. The van der Waals surface area contributed by atoms with E-state index in [-0.39, 0.29) is 5.76 Å². The summed E-state index contributed by atoms with van der Waals surface area (Å²) in [7, 11) is 1.65. The predicted octanol–water partition coefficient (Wildman–Crippen LogP) is 1.53. The highest BCUT2D eigenvalue weighted by atomic mass is 32.2. The molecule has 5 heteroatoms. The average Bonchev–Trinajstić information content (AvgIpc) is 2.55. The van der Waals surface area contributed by atoms with Crippen LogP contribution in [0.5, 0.6) is 0 Å². The summed E-state index contributed by atoms with van der Waals surface area (Å²) in [6, 6.07) is 5.29. The molecular weight excluding hydrogens is 226 g/mol. The Hall–Kier alpha value is -1.20. The fraction of sp³-hybridized carbons (Fsp3) is 0.364. The van der Waals surface area contributed by atoms with Gasteiger partial charge in [0.1, 0.15) is 0 Å². The van der Waals surface area contributed by atoms with Crippen LogP contribution in [0.15, 0.2) is 27.4 Å². The van der Waals surface area contributed by atoms with Gasteiger partial charge in [0.2, 0.25) is 0 Å². The number of rotatable bonds is 3. The highest BCUT2D eigenvalue weighted by Crippen LogP contribution is 2.21. The molecule has 0 amide bonds. The first-order valence-corrected chi connectivity index (χ1v) is 6.29. The van der Waals surface area contributed by atoms with Gasteiger partial charge in [0.05, 0.1) is 11.6 Å². The second kappa shape index (κ2) is 4.35. The van der Waals surface area contributed by atoms with Crippen LogP contribution in [0.3, 0.4) is 0 Å². The lowest BCUT2D eigenvalue weighted by Gasteiger charge is -2.08. The predicted molar refractivity (Wildman–Crippen MR) is 64.8 cm³/mol. The second-order valence-corrected chi connectivity index (χ2v) is 4.54. The fourth-order valence-electron chi connectivity index (χ4n) is 1.61. The minimum atomic E-state index is -0.510. The number of oxazole rings is 1. The maximum atomic E-state index is 11.3. The third-order valence-corrected chi connectivity index (χ3v) is 3.17. The van der Waals surface area contributed by atoms with Crippen molar-refractivity contribution in [2.45, 2.75) is 6.10 Å². The Labute approximate surface area is 96.9 Å². The summed E-state index contributed by atoms with van der Waals surface area (Å²) in [5.74, 6) is 0.253. The molecule has 2 rings (SSSR count). The van der Waals surface area contributed by atoms with Gasteiger partial charge in [-0.2, -0.15) is 11.8 Å². The third kappa shape index (κ3) is 1.88. The summed E-state index contributed by atoms with van der Waals surface area (Å²) in [5.41, 5.74) is 2.06. The molecule has 0 spiro atoms.